The van der Waals surface area contributed by atoms with Crippen molar-refractivity contribution in [3.63, 3.8) is 0 Å². The maximum atomic E-state index is 11.0. The quantitative estimate of drug-likeness (QED) is 0.725. The number of hydrogen-bond donors (Lipinski definition) is 1. The highest BCUT2D eigenvalue weighted by molar-refractivity contribution is 7.80. The van der Waals surface area contributed by atoms with Crippen molar-refractivity contribution in [2.75, 3.05) is 7.11 Å². The molecule has 1 N–H and O–H groups in total. The third-order valence-electron chi connectivity index (χ3n) is 1.20. The summed E-state index contributed by atoms with van der Waals surface area (Å²) in [4.78, 5) is 0.301. The second kappa shape index (κ2) is 3.50. The Labute approximate surface area is 67.3 Å². The van der Waals surface area contributed by atoms with E-state index in [2.05, 4.69) is 4.18 Å². The maximum absolute atomic E-state index is 11.0. The molecule has 0 aliphatic heterocycles. The number of hydrogen-bond acceptors (Lipinski definition) is 3. The number of aromatic hydroxyl groups is 1. The number of phenols is 1. The van der Waals surface area contributed by atoms with Crippen LogP contribution >= 0.6 is 0 Å². The van der Waals surface area contributed by atoms with Gasteiger partial charge in [-0.25, -0.2) is 4.21 Å². The third kappa shape index (κ3) is 1.78. The Morgan fingerprint density at radius 1 is 1.45 bits per heavy atom. The fourth-order valence-electron chi connectivity index (χ4n) is 0.688. The standard InChI is InChI=1S/C7H8O3S/c1-10-11(9)7-5-3-2-4-6(7)8/h2-5,8H,1H3. The fraction of sp³-hybridized carbons (Fsp3) is 0.143. The summed E-state index contributed by atoms with van der Waals surface area (Å²) in [5.41, 5.74) is 0. The number of benzene rings is 1. The summed E-state index contributed by atoms with van der Waals surface area (Å²) in [6, 6.07) is 6.36. The van der Waals surface area contributed by atoms with Crippen LogP contribution in [0.1, 0.15) is 0 Å². The van der Waals surface area contributed by atoms with Crippen molar-refractivity contribution in [3.05, 3.63) is 24.3 Å². The Bertz CT molecular complexity index is 272. The Kier molecular flexibility index (Phi) is 2.62. The van der Waals surface area contributed by atoms with Gasteiger partial charge in [0.05, 0.1) is 7.11 Å². The first kappa shape index (κ1) is 8.23. The lowest BCUT2D eigenvalue weighted by Crippen LogP contribution is -1.92. The van der Waals surface area contributed by atoms with Crippen LogP contribution in [-0.4, -0.2) is 16.4 Å². The molecule has 0 saturated heterocycles. The van der Waals surface area contributed by atoms with Gasteiger partial charge < -0.3 is 5.11 Å². The van der Waals surface area contributed by atoms with E-state index in [4.69, 9.17) is 5.11 Å². The van der Waals surface area contributed by atoms with Crippen LogP contribution in [0.3, 0.4) is 0 Å². The smallest absolute Gasteiger partial charge is 0.192 e. The van der Waals surface area contributed by atoms with Crippen LogP contribution in [0.15, 0.2) is 29.2 Å². The molecule has 0 amide bonds. The van der Waals surface area contributed by atoms with Gasteiger partial charge in [-0.2, -0.15) is 0 Å². The van der Waals surface area contributed by atoms with E-state index in [0.29, 0.717) is 4.90 Å². The summed E-state index contributed by atoms with van der Waals surface area (Å²) >= 11 is -1.55. The molecule has 0 fully saturated rings. The molecule has 4 heteroatoms. The van der Waals surface area contributed by atoms with Crippen LogP contribution in [-0.2, 0) is 15.3 Å². The van der Waals surface area contributed by atoms with Gasteiger partial charge in [-0.3, -0.25) is 4.18 Å². The molecule has 1 unspecified atom stereocenters. The minimum atomic E-state index is -1.55. The highest BCUT2D eigenvalue weighted by Crippen LogP contribution is 2.19. The molecule has 11 heavy (non-hydrogen) atoms. The second-order valence-electron chi connectivity index (χ2n) is 1.87. The zero-order valence-corrected chi connectivity index (χ0v) is 6.80. The lowest BCUT2D eigenvalue weighted by molar-refractivity contribution is 0.430. The molecular formula is C7H8O3S. The minimum Gasteiger partial charge on any atom is -0.507 e. The van der Waals surface area contributed by atoms with Crippen LogP contribution in [0.2, 0.25) is 0 Å². The molecule has 0 spiro atoms. The molecule has 0 aliphatic rings. The van der Waals surface area contributed by atoms with Crippen molar-refractivity contribution in [3.8, 4) is 5.75 Å². The first-order chi connectivity index (χ1) is 5.25. The Morgan fingerprint density at radius 3 is 2.64 bits per heavy atom. The molecule has 1 aromatic carbocycles. The van der Waals surface area contributed by atoms with Crippen molar-refractivity contribution >= 4 is 11.1 Å². The van der Waals surface area contributed by atoms with Gasteiger partial charge in [0.25, 0.3) is 0 Å². The Hall–Kier alpha value is -0.870. The monoisotopic (exact) mass is 172 g/mol. The van der Waals surface area contributed by atoms with E-state index in [1.807, 2.05) is 0 Å². The van der Waals surface area contributed by atoms with E-state index in [1.165, 1.54) is 13.2 Å². The van der Waals surface area contributed by atoms with Crippen LogP contribution in [0.4, 0.5) is 0 Å². The highest BCUT2D eigenvalue weighted by Gasteiger charge is 2.06. The lowest BCUT2D eigenvalue weighted by Gasteiger charge is -1.99. The first-order valence-corrected chi connectivity index (χ1v) is 4.07. The fourth-order valence-corrected chi connectivity index (χ4v) is 1.30. The van der Waals surface area contributed by atoms with E-state index in [9.17, 15) is 4.21 Å². The predicted molar refractivity (Wildman–Crippen MR) is 41.5 cm³/mol. The summed E-state index contributed by atoms with van der Waals surface area (Å²) in [7, 11) is 1.32. The van der Waals surface area contributed by atoms with E-state index >= 15 is 0 Å². The van der Waals surface area contributed by atoms with Crippen molar-refractivity contribution < 1.29 is 13.5 Å². The summed E-state index contributed by atoms with van der Waals surface area (Å²) in [5, 5.41) is 9.14. The molecular weight excluding hydrogens is 164 g/mol. The second-order valence-corrected chi connectivity index (χ2v) is 3.11. The summed E-state index contributed by atoms with van der Waals surface area (Å²) in [6.07, 6.45) is 0. The van der Waals surface area contributed by atoms with Gasteiger partial charge in [-0.15, -0.1) is 0 Å². The molecule has 3 nitrogen and oxygen atoms in total. The van der Waals surface area contributed by atoms with E-state index < -0.39 is 11.1 Å². The van der Waals surface area contributed by atoms with Crippen LogP contribution in [0, 0.1) is 0 Å². The molecule has 60 valence electrons. The minimum absolute atomic E-state index is 0.00677. The molecule has 0 radical (unpaired) electrons. The lowest BCUT2D eigenvalue weighted by atomic mass is 10.3. The van der Waals surface area contributed by atoms with E-state index in [0.717, 1.165) is 0 Å². The Balaban J connectivity index is 3.03. The van der Waals surface area contributed by atoms with Crippen LogP contribution in [0.5, 0.6) is 5.75 Å². The average Bonchev–Trinajstić information content (AvgIpc) is 2.04. The number of phenolic OH excluding ortho intramolecular Hbond substituents is 1. The number of rotatable bonds is 2. The molecule has 0 aromatic heterocycles. The maximum Gasteiger partial charge on any atom is 0.192 e. The van der Waals surface area contributed by atoms with E-state index in [-0.39, 0.29) is 5.75 Å². The third-order valence-corrected chi connectivity index (χ3v) is 2.20. The van der Waals surface area contributed by atoms with Crippen LogP contribution < -0.4 is 0 Å². The van der Waals surface area contributed by atoms with Gasteiger partial charge in [0.2, 0.25) is 0 Å². The van der Waals surface area contributed by atoms with Gasteiger partial charge in [-0.1, -0.05) is 12.1 Å². The van der Waals surface area contributed by atoms with Gasteiger partial charge >= 0.3 is 0 Å². The Morgan fingerprint density at radius 2 is 2.09 bits per heavy atom. The van der Waals surface area contributed by atoms with E-state index in [1.54, 1.807) is 18.2 Å². The highest BCUT2D eigenvalue weighted by atomic mass is 32.2. The summed E-state index contributed by atoms with van der Waals surface area (Å²) in [5.74, 6) is -0.00677. The van der Waals surface area contributed by atoms with Gasteiger partial charge in [0.1, 0.15) is 10.6 Å². The molecule has 1 rings (SSSR count). The summed E-state index contributed by atoms with van der Waals surface area (Å²) < 4.78 is 15.5. The average molecular weight is 172 g/mol. The van der Waals surface area contributed by atoms with Gasteiger partial charge in [0.15, 0.2) is 11.1 Å². The van der Waals surface area contributed by atoms with Crippen LogP contribution in [0.25, 0.3) is 0 Å². The molecule has 0 heterocycles. The van der Waals surface area contributed by atoms with Gasteiger partial charge in [-0.05, 0) is 12.1 Å². The zero-order valence-electron chi connectivity index (χ0n) is 5.98. The number of para-hydroxylation sites is 1. The molecule has 0 bridgehead atoms. The molecule has 1 aromatic rings. The molecule has 0 aliphatic carbocycles. The van der Waals surface area contributed by atoms with Crippen molar-refractivity contribution in [2.45, 2.75) is 4.90 Å². The summed E-state index contributed by atoms with van der Waals surface area (Å²) in [6.45, 7) is 0. The molecule has 1 atom stereocenters. The van der Waals surface area contributed by atoms with Crippen molar-refractivity contribution in [1.82, 2.24) is 0 Å². The zero-order chi connectivity index (χ0) is 8.27. The predicted octanol–water partition coefficient (Wildman–Crippen LogP) is 1.06. The normalized spacial score (nSPS) is 12.8. The van der Waals surface area contributed by atoms with Gasteiger partial charge in [0, 0.05) is 0 Å². The van der Waals surface area contributed by atoms with Crippen molar-refractivity contribution in [1.29, 1.82) is 0 Å². The topological polar surface area (TPSA) is 46.5 Å². The van der Waals surface area contributed by atoms with Crippen molar-refractivity contribution in [2.24, 2.45) is 0 Å². The SMILES string of the molecule is COS(=O)c1ccccc1O. The molecule has 0 saturated carbocycles. The largest absolute Gasteiger partial charge is 0.507 e. The first-order valence-electron chi connectivity index (χ1n) is 3.00.